The molecule has 0 amide bonds. The molecule has 5 nitrogen and oxygen atoms in total. The minimum atomic E-state index is 0.432. The van der Waals surface area contributed by atoms with E-state index in [1.54, 1.807) is 10.9 Å². The first-order valence-electron chi connectivity index (χ1n) is 7.70. The van der Waals surface area contributed by atoms with Crippen LogP contribution in [0.5, 0.6) is 5.75 Å². The number of aromatic amines is 1. The van der Waals surface area contributed by atoms with E-state index in [-0.39, 0.29) is 0 Å². The quantitative estimate of drug-likeness (QED) is 0.560. The molecule has 1 N–H and O–H groups in total. The molecule has 0 aliphatic rings. The molecule has 6 heteroatoms. The fourth-order valence-electron chi connectivity index (χ4n) is 2.36. The predicted molar refractivity (Wildman–Crippen MR) is 98.2 cm³/mol. The molecule has 0 bridgehead atoms. The second kappa shape index (κ2) is 7.23. The van der Waals surface area contributed by atoms with Gasteiger partial charge in [-0.3, -0.25) is 0 Å². The summed E-state index contributed by atoms with van der Waals surface area (Å²) < 4.78 is 7.73. The van der Waals surface area contributed by atoms with E-state index in [9.17, 15) is 0 Å². The summed E-state index contributed by atoms with van der Waals surface area (Å²) in [4.78, 5) is 0. The number of H-pyrrole nitrogens is 1. The van der Waals surface area contributed by atoms with Gasteiger partial charge in [-0.1, -0.05) is 36.4 Å². The van der Waals surface area contributed by atoms with Gasteiger partial charge >= 0.3 is 0 Å². The summed E-state index contributed by atoms with van der Waals surface area (Å²) >= 11 is 5.32. The maximum atomic E-state index is 5.68. The van der Waals surface area contributed by atoms with Crippen molar-refractivity contribution in [1.82, 2.24) is 14.9 Å². The number of para-hydroxylation sites is 1. The summed E-state index contributed by atoms with van der Waals surface area (Å²) in [6, 6.07) is 15.7. The summed E-state index contributed by atoms with van der Waals surface area (Å²) in [5, 5.41) is 11.6. The SMILES string of the molecule is CCOc1ccccc1-c1n[nH]c(=S)n1/N=C\c1ccccc1C. The summed E-state index contributed by atoms with van der Waals surface area (Å²) in [5.41, 5.74) is 3.02. The molecule has 0 fully saturated rings. The molecule has 0 aliphatic carbocycles. The summed E-state index contributed by atoms with van der Waals surface area (Å²) in [5.74, 6) is 1.37. The normalized spacial score (nSPS) is 11.1. The molecule has 3 aromatic rings. The van der Waals surface area contributed by atoms with E-state index in [1.807, 2.05) is 62.4 Å². The maximum absolute atomic E-state index is 5.68. The fourth-order valence-corrected chi connectivity index (χ4v) is 2.54. The Morgan fingerprint density at radius 3 is 2.75 bits per heavy atom. The van der Waals surface area contributed by atoms with Crippen molar-refractivity contribution >= 4 is 18.4 Å². The number of aromatic nitrogens is 3. The van der Waals surface area contributed by atoms with Gasteiger partial charge in [0.1, 0.15) is 5.75 Å². The van der Waals surface area contributed by atoms with Gasteiger partial charge in [0.25, 0.3) is 0 Å². The Morgan fingerprint density at radius 1 is 1.21 bits per heavy atom. The Bertz CT molecular complexity index is 927. The monoisotopic (exact) mass is 338 g/mol. The van der Waals surface area contributed by atoms with Gasteiger partial charge in [-0.15, -0.1) is 0 Å². The molecule has 0 saturated heterocycles. The smallest absolute Gasteiger partial charge is 0.216 e. The number of nitrogens with one attached hydrogen (secondary N) is 1. The van der Waals surface area contributed by atoms with Gasteiger partial charge in [0.05, 0.1) is 18.4 Å². The third-order valence-electron chi connectivity index (χ3n) is 3.58. The largest absolute Gasteiger partial charge is 0.493 e. The van der Waals surface area contributed by atoms with Gasteiger partial charge < -0.3 is 4.74 Å². The van der Waals surface area contributed by atoms with E-state index in [4.69, 9.17) is 17.0 Å². The Balaban J connectivity index is 2.05. The molecule has 1 heterocycles. The molecule has 3 rings (SSSR count). The molecular formula is C18H18N4OS. The van der Waals surface area contributed by atoms with Crippen LogP contribution in [0.4, 0.5) is 0 Å². The summed E-state index contributed by atoms with van der Waals surface area (Å²) in [6.07, 6.45) is 1.79. The number of rotatable bonds is 5. The number of benzene rings is 2. The van der Waals surface area contributed by atoms with Gasteiger partial charge in [-0.25, -0.2) is 5.10 Å². The molecule has 1 aromatic heterocycles. The molecule has 0 aliphatic heterocycles. The second-order valence-electron chi connectivity index (χ2n) is 5.19. The third-order valence-corrected chi connectivity index (χ3v) is 3.84. The average Bonchev–Trinajstić information content (AvgIpc) is 2.96. The van der Waals surface area contributed by atoms with E-state index < -0.39 is 0 Å². The molecule has 122 valence electrons. The van der Waals surface area contributed by atoms with Crippen molar-refractivity contribution in [2.45, 2.75) is 13.8 Å². The first kappa shape index (κ1) is 16.1. The lowest BCUT2D eigenvalue weighted by atomic mass is 10.1. The zero-order valence-electron chi connectivity index (χ0n) is 13.6. The van der Waals surface area contributed by atoms with E-state index in [0.717, 1.165) is 22.4 Å². The summed E-state index contributed by atoms with van der Waals surface area (Å²) in [6.45, 7) is 4.57. The molecule has 0 radical (unpaired) electrons. The van der Waals surface area contributed by atoms with E-state index in [0.29, 0.717) is 17.2 Å². The van der Waals surface area contributed by atoms with Crippen molar-refractivity contribution in [3.8, 4) is 17.1 Å². The zero-order valence-corrected chi connectivity index (χ0v) is 14.4. The van der Waals surface area contributed by atoms with Gasteiger partial charge in [0, 0.05) is 0 Å². The Morgan fingerprint density at radius 2 is 1.96 bits per heavy atom. The van der Waals surface area contributed by atoms with Crippen LogP contribution in [0.1, 0.15) is 18.1 Å². The lowest BCUT2D eigenvalue weighted by Crippen LogP contribution is -1.99. The molecular weight excluding hydrogens is 320 g/mol. The van der Waals surface area contributed by atoms with Gasteiger partial charge in [-0.05, 0) is 49.3 Å². The zero-order chi connectivity index (χ0) is 16.9. The minimum Gasteiger partial charge on any atom is -0.493 e. The third kappa shape index (κ3) is 3.28. The van der Waals surface area contributed by atoms with Gasteiger partial charge in [0.15, 0.2) is 5.82 Å². The molecule has 2 aromatic carbocycles. The van der Waals surface area contributed by atoms with Crippen molar-refractivity contribution in [2.75, 3.05) is 6.61 Å². The van der Waals surface area contributed by atoms with Crippen LogP contribution in [-0.2, 0) is 0 Å². The number of aryl methyl sites for hydroxylation is 1. The first-order chi connectivity index (χ1) is 11.7. The molecule has 0 unspecified atom stereocenters. The van der Waals surface area contributed by atoms with Gasteiger partial charge in [0.2, 0.25) is 4.77 Å². The Hall–Kier alpha value is -2.73. The maximum Gasteiger partial charge on any atom is 0.216 e. The predicted octanol–water partition coefficient (Wildman–Crippen LogP) is 4.20. The van der Waals surface area contributed by atoms with Crippen molar-refractivity contribution in [1.29, 1.82) is 0 Å². The van der Waals surface area contributed by atoms with Crippen molar-refractivity contribution in [3.63, 3.8) is 0 Å². The molecule has 0 spiro atoms. The van der Waals surface area contributed by atoms with Crippen LogP contribution in [0.3, 0.4) is 0 Å². The van der Waals surface area contributed by atoms with Gasteiger partial charge in [-0.2, -0.15) is 14.9 Å². The number of ether oxygens (including phenoxy) is 1. The lowest BCUT2D eigenvalue weighted by Gasteiger charge is -2.08. The van der Waals surface area contributed by atoms with Crippen molar-refractivity contribution in [2.24, 2.45) is 5.10 Å². The van der Waals surface area contributed by atoms with Crippen LogP contribution in [0.25, 0.3) is 11.4 Å². The van der Waals surface area contributed by atoms with E-state index in [2.05, 4.69) is 15.3 Å². The van der Waals surface area contributed by atoms with Crippen LogP contribution in [0.2, 0.25) is 0 Å². The topological polar surface area (TPSA) is 55.2 Å². The fraction of sp³-hybridized carbons (Fsp3) is 0.167. The van der Waals surface area contributed by atoms with Crippen LogP contribution in [0, 0.1) is 11.7 Å². The molecule has 24 heavy (non-hydrogen) atoms. The summed E-state index contributed by atoms with van der Waals surface area (Å²) in [7, 11) is 0. The Kier molecular flexibility index (Phi) is 4.86. The van der Waals surface area contributed by atoms with Crippen LogP contribution >= 0.6 is 12.2 Å². The standard InChI is InChI=1S/C18H18N4OS/c1-3-23-16-11-7-6-10-15(16)17-20-21-18(24)22(17)19-12-14-9-5-4-8-13(14)2/h4-12H,3H2,1-2H3,(H,21,24)/b19-12-. The highest BCUT2D eigenvalue weighted by molar-refractivity contribution is 7.71. The number of nitrogens with zero attached hydrogens (tertiary/aromatic N) is 3. The van der Waals surface area contributed by atoms with Crippen LogP contribution < -0.4 is 4.74 Å². The lowest BCUT2D eigenvalue weighted by molar-refractivity contribution is 0.341. The average molecular weight is 338 g/mol. The highest BCUT2D eigenvalue weighted by Gasteiger charge is 2.13. The number of hydrogen-bond acceptors (Lipinski definition) is 4. The Labute approximate surface area is 145 Å². The van der Waals surface area contributed by atoms with E-state index in [1.165, 1.54) is 0 Å². The van der Waals surface area contributed by atoms with E-state index >= 15 is 0 Å². The highest BCUT2D eigenvalue weighted by Crippen LogP contribution is 2.28. The molecule has 0 atom stereocenters. The molecule has 0 saturated carbocycles. The first-order valence-corrected chi connectivity index (χ1v) is 8.11. The second-order valence-corrected chi connectivity index (χ2v) is 5.58. The van der Waals surface area contributed by atoms with Crippen molar-refractivity contribution in [3.05, 3.63) is 64.4 Å². The van der Waals surface area contributed by atoms with Crippen molar-refractivity contribution < 1.29 is 4.74 Å². The number of hydrogen-bond donors (Lipinski definition) is 1. The van der Waals surface area contributed by atoms with Crippen LogP contribution in [-0.4, -0.2) is 27.7 Å². The minimum absolute atomic E-state index is 0.432. The highest BCUT2D eigenvalue weighted by atomic mass is 32.1. The van der Waals surface area contributed by atoms with Crippen LogP contribution in [0.15, 0.2) is 53.6 Å².